The predicted molar refractivity (Wildman–Crippen MR) is 219 cm³/mol. The summed E-state index contributed by atoms with van der Waals surface area (Å²) >= 11 is 0. The van der Waals surface area contributed by atoms with E-state index in [1.54, 1.807) is 0 Å². The van der Waals surface area contributed by atoms with E-state index in [9.17, 15) is 0 Å². The number of aromatic nitrogens is 3. The SMILES string of the molecule is c1ccc(-c2cccc3cc(-c4nc(-c5ccc6cc7c(cc6c5)oc5ccccc57)nc(-c5ccc6c(ccc7ccccc76)c5)n4)ccc23)cc1. The lowest BCUT2D eigenvalue weighted by atomic mass is 9.97. The molecule has 0 fully saturated rings. The maximum atomic E-state index is 6.25. The molecule has 0 saturated heterocycles. The van der Waals surface area contributed by atoms with Crippen LogP contribution in [-0.4, -0.2) is 15.0 Å². The van der Waals surface area contributed by atoms with Crippen LogP contribution in [0.1, 0.15) is 0 Å². The number of rotatable bonds is 4. The summed E-state index contributed by atoms with van der Waals surface area (Å²) in [6, 6.07) is 61.8. The smallest absolute Gasteiger partial charge is 0.164 e. The summed E-state index contributed by atoms with van der Waals surface area (Å²) in [4.78, 5) is 15.4. The van der Waals surface area contributed by atoms with Crippen LogP contribution in [0.15, 0.2) is 180 Å². The summed E-state index contributed by atoms with van der Waals surface area (Å²) < 4.78 is 6.25. The van der Waals surface area contributed by atoms with Crippen molar-refractivity contribution in [2.45, 2.75) is 0 Å². The first-order valence-electron chi connectivity index (χ1n) is 17.8. The molecule has 0 aliphatic heterocycles. The van der Waals surface area contributed by atoms with E-state index < -0.39 is 0 Å². The van der Waals surface area contributed by atoms with Crippen LogP contribution < -0.4 is 0 Å². The average Bonchev–Trinajstić information content (AvgIpc) is 3.59. The van der Waals surface area contributed by atoms with Gasteiger partial charge in [0.05, 0.1) is 0 Å². The van der Waals surface area contributed by atoms with Gasteiger partial charge in [-0.1, -0.05) is 140 Å². The molecule has 11 aromatic rings. The fourth-order valence-electron chi connectivity index (χ4n) is 7.82. The number of hydrogen-bond acceptors (Lipinski definition) is 4. The van der Waals surface area contributed by atoms with Gasteiger partial charge in [0, 0.05) is 27.5 Å². The van der Waals surface area contributed by atoms with E-state index in [4.69, 9.17) is 19.4 Å². The van der Waals surface area contributed by atoms with E-state index in [2.05, 4.69) is 164 Å². The topological polar surface area (TPSA) is 51.8 Å². The molecule has 0 unspecified atom stereocenters. The number of para-hydroxylation sites is 1. The van der Waals surface area contributed by atoms with Gasteiger partial charge < -0.3 is 4.42 Å². The highest BCUT2D eigenvalue weighted by atomic mass is 16.3. The fourth-order valence-corrected chi connectivity index (χ4v) is 7.82. The van der Waals surface area contributed by atoms with Crippen LogP contribution in [0.3, 0.4) is 0 Å². The van der Waals surface area contributed by atoms with Crippen LogP contribution in [0.25, 0.3) is 110 Å². The van der Waals surface area contributed by atoms with Crippen LogP contribution in [0.5, 0.6) is 0 Å². The van der Waals surface area contributed by atoms with E-state index in [-0.39, 0.29) is 0 Å². The summed E-state index contributed by atoms with van der Waals surface area (Å²) in [5.74, 6) is 1.88. The van der Waals surface area contributed by atoms with Crippen molar-refractivity contribution in [2.75, 3.05) is 0 Å². The molecular weight excluding hydrogens is 647 g/mol. The molecular formula is C49H29N3O. The third-order valence-corrected chi connectivity index (χ3v) is 10.5. The minimum atomic E-state index is 0.619. The van der Waals surface area contributed by atoms with E-state index in [1.165, 1.54) is 32.7 Å². The first-order chi connectivity index (χ1) is 26.2. The van der Waals surface area contributed by atoms with Gasteiger partial charge in [0.25, 0.3) is 0 Å². The van der Waals surface area contributed by atoms with Gasteiger partial charge in [-0.3, -0.25) is 0 Å². The van der Waals surface area contributed by atoms with Crippen molar-refractivity contribution >= 4 is 65.0 Å². The van der Waals surface area contributed by atoms with Crippen LogP contribution in [0.4, 0.5) is 0 Å². The van der Waals surface area contributed by atoms with Crippen molar-refractivity contribution in [3.63, 3.8) is 0 Å². The summed E-state index contributed by atoms with van der Waals surface area (Å²) in [7, 11) is 0. The largest absolute Gasteiger partial charge is 0.456 e. The third-order valence-electron chi connectivity index (χ3n) is 10.5. The minimum absolute atomic E-state index is 0.619. The Morgan fingerprint density at radius 1 is 0.283 bits per heavy atom. The van der Waals surface area contributed by atoms with Gasteiger partial charge >= 0.3 is 0 Å². The number of hydrogen-bond donors (Lipinski definition) is 0. The number of furan rings is 1. The zero-order chi connectivity index (χ0) is 34.9. The molecule has 2 heterocycles. The summed E-state index contributed by atoms with van der Waals surface area (Å²) in [6.45, 7) is 0. The molecule has 4 nitrogen and oxygen atoms in total. The molecule has 0 radical (unpaired) electrons. The first kappa shape index (κ1) is 29.5. The van der Waals surface area contributed by atoms with Crippen molar-refractivity contribution in [2.24, 2.45) is 0 Å². The second-order valence-corrected chi connectivity index (χ2v) is 13.6. The Kier molecular flexibility index (Phi) is 6.52. The van der Waals surface area contributed by atoms with Crippen molar-refractivity contribution < 1.29 is 4.42 Å². The van der Waals surface area contributed by atoms with Gasteiger partial charge in [-0.25, -0.2) is 15.0 Å². The molecule has 0 amide bonds. The first-order valence-corrected chi connectivity index (χ1v) is 17.8. The lowest BCUT2D eigenvalue weighted by molar-refractivity contribution is 0.669. The van der Waals surface area contributed by atoms with Crippen molar-refractivity contribution in [1.82, 2.24) is 15.0 Å². The Hall–Kier alpha value is -7.17. The molecule has 53 heavy (non-hydrogen) atoms. The second-order valence-electron chi connectivity index (χ2n) is 13.6. The van der Waals surface area contributed by atoms with E-state index >= 15 is 0 Å². The summed E-state index contributed by atoms with van der Waals surface area (Å²) in [5.41, 5.74) is 6.93. The summed E-state index contributed by atoms with van der Waals surface area (Å²) in [6.07, 6.45) is 0. The zero-order valence-electron chi connectivity index (χ0n) is 28.5. The van der Waals surface area contributed by atoms with E-state index in [0.717, 1.165) is 60.2 Å². The molecule has 0 saturated carbocycles. The highest BCUT2D eigenvalue weighted by Gasteiger charge is 2.16. The number of fused-ring (bicyclic) bond motifs is 8. The van der Waals surface area contributed by atoms with Crippen LogP contribution in [0.2, 0.25) is 0 Å². The average molecular weight is 676 g/mol. The number of nitrogens with zero attached hydrogens (tertiary/aromatic N) is 3. The zero-order valence-corrected chi connectivity index (χ0v) is 28.5. The molecule has 2 aromatic heterocycles. The Bertz CT molecular complexity index is 3240. The maximum absolute atomic E-state index is 6.25. The fraction of sp³-hybridized carbons (Fsp3) is 0. The molecule has 11 rings (SSSR count). The molecule has 0 spiro atoms. The molecule has 9 aromatic carbocycles. The van der Waals surface area contributed by atoms with Crippen molar-refractivity contribution in [3.8, 4) is 45.3 Å². The Morgan fingerprint density at radius 3 is 1.64 bits per heavy atom. The Balaban J connectivity index is 1.09. The van der Waals surface area contributed by atoms with Crippen molar-refractivity contribution in [3.05, 3.63) is 176 Å². The van der Waals surface area contributed by atoms with Crippen molar-refractivity contribution in [1.29, 1.82) is 0 Å². The summed E-state index contributed by atoms with van der Waals surface area (Å²) in [5, 5.41) is 11.5. The molecule has 0 N–H and O–H groups in total. The Morgan fingerprint density at radius 2 is 0.849 bits per heavy atom. The van der Waals surface area contributed by atoms with Gasteiger partial charge in [0.15, 0.2) is 17.5 Å². The highest BCUT2D eigenvalue weighted by molar-refractivity contribution is 6.11. The molecule has 4 heteroatoms. The molecule has 0 aliphatic rings. The van der Waals surface area contributed by atoms with E-state index in [1.807, 2.05) is 12.1 Å². The quantitative estimate of drug-likeness (QED) is 0.174. The lowest BCUT2D eigenvalue weighted by Crippen LogP contribution is -2.00. The molecule has 0 aliphatic carbocycles. The minimum Gasteiger partial charge on any atom is -0.456 e. The monoisotopic (exact) mass is 675 g/mol. The highest BCUT2D eigenvalue weighted by Crippen LogP contribution is 2.36. The molecule has 0 atom stereocenters. The van der Waals surface area contributed by atoms with Gasteiger partial charge in [-0.2, -0.15) is 0 Å². The normalized spacial score (nSPS) is 11.8. The molecule has 246 valence electrons. The second kappa shape index (κ2) is 11.7. The van der Waals surface area contributed by atoms with E-state index in [0.29, 0.717) is 17.5 Å². The van der Waals surface area contributed by atoms with Gasteiger partial charge in [-0.15, -0.1) is 0 Å². The maximum Gasteiger partial charge on any atom is 0.164 e. The van der Waals surface area contributed by atoms with Crippen LogP contribution >= 0.6 is 0 Å². The Labute approximate surface area is 304 Å². The van der Waals surface area contributed by atoms with Gasteiger partial charge in [0.2, 0.25) is 0 Å². The molecule has 0 bridgehead atoms. The van der Waals surface area contributed by atoms with Crippen LogP contribution in [0, 0.1) is 0 Å². The van der Waals surface area contributed by atoms with Gasteiger partial charge in [0.1, 0.15) is 11.2 Å². The lowest BCUT2D eigenvalue weighted by Gasteiger charge is -2.12. The third kappa shape index (κ3) is 4.95. The number of benzene rings is 9. The standard InChI is InChI=1S/C49H29N3O/c1-2-9-30(10-3-1)40-15-8-12-33-25-36(21-23-41(33)40)48-50-47(35-20-18-32-28-44-43-14-6-7-16-45(43)53-46(44)29-38(32)27-35)51-49(52-48)37-22-24-42-34(26-37)19-17-31-11-4-5-13-39(31)42/h1-29H. The van der Waals surface area contributed by atoms with Crippen LogP contribution in [-0.2, 0) is 0 Å². The predicted octanol–water partition coefficient (Wildman–Crippen LogP) is 13.1. The van der Waals surface area contributed by atoms with Gasteiger partial charge in [-0.05, 0) is 90.6 Å².